The van der Waals surface area contributed by atoms with E-state index < -0.39 is 12.1 Å². The smallest absolute Gasteiger partial charge is 0.305 e. The molecule has 0 rings (SSSR count). The highest BCUT2D eigenvalue weighted by molar-refractivity contribution is 5.76. The zero-order valence-corrected chi connectivity index (χ0v) is 50.4. The van der Waals surface area contributed by atoms with E-state index >= 15 is 0 Å². The minimum absolute atomic E-state index is 0.0191. The molecule has 1 amide bonds. The van der Waals surface area contributed by atoms with Crippen LogP contribution in [0.15, 0.2) is 12.2 Å². The molecule has 0 fully saturated rings. The fourth-order valence-electron chi connectivity index (χ4n) is 10.9. The molecule has 0 aliphatic carbocycles. The normalized spacial score (nSPS) is 12.5. The van der Waals surface area contributed by atoms with E-state index in [-0.39, 0.29) is 18.5 Å². The summed E-state index contributed by atoms with van der Waals surface area (Å²) in [5, 5.41) is 23.2. The Balaban J connectivity index is 3.29. The van der Waals surface area contributed by atoms with Crippen molar-refractivity contribution in [2.75, 3.05) is 13.2 Å². The molecule has 0 saturated carbocycles. The first-order valence-corrected chi connectivity index (χ1v) is 33.9. The van der Waals surface area contributed by atoms with Crippen molar-refractivity contribution in [2.24, 2.45) is 0 Å². The van der Waals surface area contributed by atoms with E-state index in [1.165, 1.54) is 315 Å². The Kier molecular flexibility index (Phi) is 62.9. The molecule has 2 unspecified atom stereocenters. The SMILES string of the molecule is CCCCCCCC/C=C\CCCCCCCCCCCC(=O)OCCCCCCCCCCCCCCCCCCCCCCCCCCCCCCC(=O)NC(CO)C(O)CCCCCCCCCCCC. The van der Waals surface area contributed by atoms with Gasteiger partial charge in [0, 0.05) is 12.8 Å². The van der Waals surface area contributed by atoms with E-state index in [1.54, 1.807) is 0 Å². The van der Waals surface area contributed by atoms with Gasteiger partial charge in [-0.05, 0) is 51.4 Å². The summed E-state index contributed by atoms with van der Waals surface area (Å²) in [4.78, 5) is 24.6. The molecule has 440 valence electrons. The molecule has 0 aliphatic rings. The van der Waals surface area contributed by atoms with Crippen LogP contribution in [0.1, 0.15) is 386 Å². The van der Waals surface area contributed by atoms with Gasteiger partial charge >= 0.3 is 5.97 Å². The third-order valence-electron chi connectivity index (χ3n) is 16.1. The lowest BCUT2D eigenvalue weighted by Crippen LogP contribution is -2.45. The first-order valence-electron chi connectivity index (χ1n) is 33.9. The van der Waals surface area contributed by atoms with Crippen LogP contribution in [0.3, 0.4) is 0 Å². The lowest BCUT2D eigenvalue weighted by atomic mass is 10.0. The van der Waals surface area contributed by atoms with Crippen LogP contribution < -0.4 is 5.32 Å². The molecule has 6 heteroatoms. The van der Waals surface area contributed by atoms with Crippen molar-refractivity contribution in [2.45, 2.75) is 398 Å². The zero-order valence-electron chi connectivity index (χ0n) is 50.4. The summed E-state index contributed by atoms with van der Waals surface area (Å²) in [5.41, 5.74) is 0. The fraction of sp³-hybridized carbons (Fsp3) is 0.941. The highest BCUT2D eigenvalue weighted by Gasteiger charge is 2.20. The molecule has 0 aromatic rings. The van der Waals surface area contributed by atoms with Gasteiger partial charge in [-0.25, -0.2) is 0 Å². The summed E-state index contributed by atoms with van der Waals surface area (Å²) in [6.07, 6.45) is 78.3. The van der Waals surface area contributed by atoms with Crippen LogP contribution in [0, 0.1) is 0 Å². The van der Waals surface area contributed by atoms with E-state index in [2.05, 4.69) is 31.3 Å². The molecule has 0 radical (unpaired) electrons. The number of nitrogens with one attached hydrogen (secondary N) is 1. The molecule has 0 aromatic heterocycles. The maximum Gasteiger partial charge on any atom is 0.305 e. The Morgan fingerprint density at radius 1 is 0.365 bits per heavy atom. The van der Waals surface area contributed by atoms with Crippen LogP contribution in [-0.4, -0.2) is 47.4 Å². The van der Waals surface area contributed by atoms with Gasteiger partial charge in [0.2, 0.25) is 5.91 Å². The predicted molar refractivity (Wildman–Crippen MR) is 324 cm³/mol. The molecule has 74 heavy (non-hydrogen) atoms. The van der Waals surface area contributed by atoms with E-state index in [1.807, 2.05) is 0 Å². The summed E-state index contributed by atoms with van der Waals surface area (Å²) < 4.78 is 5.51. The van der Waals surface area contributed by atoms with Crippen molar-refractivity contribution in [3.63, 3.8) is 0 Å². The number of unbranched alkanes of at least 4 members (excludes halogenated alkanes) is 51. The molecule has 6 nitrogen and oxygen atoms in total. The summed E-state index contributed by atoms with van der Waals surface area (Å²) in [6, 6.07) is -0.536. The van der Waals surface area contributed by atoms with Crippen LogP contribution in [0.4, 0.5) is 0 Å². The first-order chi connectivity index (χ1) is 36.5. The first kappa shape index (κ1) is 72.6. The number of hydrogen-bond acceptors (Lipinski definition) is 5. The van der Waals surface area contributed by atoms with Gasteiger partial charge in [-0.3, -0.25) is 9.59 Å². The minimum Gasteiger partial charge on any atom is -0.466 e. The van der Waals surface area contributed by atoms with Crippen LogP contribution in [0.25, 0.3) is 0 Å². The van der Waals surface area contributed by atoms with E-state index in [4.69, 9.17) is 4.74 Å². The van der Waals surface area contributed by atoms with Crippen LogP contribution in [0.2, 0.25) is 0 Å². The standard InChI is InChI=1S/C68H133NO5/c1-3-5-7-9-11-13-15-16-17-18-29-33-36-39-42-46-50-54-58-62-68(73)74-63-59-55-51-47-43-40-37-34-31-28-26-24-22-20-19-21-23-25-27-30-32-35-38-41-45-49-53-57-61-67(72)69-65(64-70)66(71)60-56-52-48-44-14-12-10-8-6-4-2/h16-17,65-66,70-71H,3-15,18-64H2,1-2H3,(H,69,72)/b17-16-. The van der Waals surface area contributed by atoms with Crippen molar-refractivity contribution in [3.8, 4) is 0 Å². The second kappa shape index (κ2) is 64.1. The van der Waals surface area contributed by atoms with Crippen molar-refractivity contribution in [1.29, 1.82) is 0 Å². The number of carbonyl (C=O) groups excluding carboxylic acids is 2. The molecule has 0 spiro atoms. The van der Waals surface area contributed by atoms with Crippen molar-refractivity contribution in [1.82, 2.24) is 5.32 Å². The quantitative estimate of drug-likeness (QED) is 0.0320. The minimum atomic E-state index is -0.659. The van der Waals surface area contributed by atoms with E-state index in [0.29, 0.717) is 25.9 Å². The van der Waals surface area contributed by atoms with Gasteiger partial charge < -0.3 is 20.3 Å². The highest BCUT2D eigenvalue weighted by Crippen LogP contribution is 2.19. The van der Waals surface area contributed by atoms with Crippen LogP contribution in [-0.2, 0) is 14.3 Å². The van der Waals surface area contributed by atoms with Gasteiger partial charge in [-0.2, -0.15) is 0 Å². The highest BCUT2D eigenvalue weighted by atomic mass is 16.5. The lowest BCUT2D eigenvalue weighted by Gasteiger charge is -2.22. The summed E-state index contributed by atoms with van der Waals surface area (Å²) in [7, 11) is 0. The largest absolute Gasteiger partial charge is 0.466 e. The average Bonchev–Trinajstić information content (AvgIpc) is 3.40. The monoisotopic (exact) mass is 1040 g/mol. The van der Waals surface area contributed by atoms with Crippen LogP contribution >= 0.6 is 0 Å². The predicted octanol–water partition coefficient (Wildman–Crippen LogP) is 21.6. The van der Waals surface area contributed by atoms with Gasteiger partial charge in [-0.15, -0.1) is 0 Å². The van der Waals surface area contributed by atoms with Gasteiger partial charge in [0.15, 0.2) is 0 Å². The molecule has 0 saturated heterocycles. The topological polar surface area (TPSA) is 95.9 Å². The second-order valence-electron chi connectivity index (χ2n) is 23.5. The van der Waals surface area contributed by atoms with Crippen molar-refractivity contribution >= 4 is 11.9 Å². The number of esters is 1. The summed E-state index contributed by atoms with van der Waals surface area (Å²) in [5.74, 6) is -0.0123. The number of carbonyl (C=O) groups is 2. The van der Waals surface area contributed by atoms with Gasteiger partial charge in [-0.1, -0.05) is 334 Å². The molecule has 2 atom stereocenters. The molecule has 0 bridgehead atoms. The maximum atomic E-state index is 12.4. The third kappa shape index (κ3) is 59.8. The molecule has 0 aromatic carbocycles. The molecule has 3 N–H and O–H groups in total. The molecular weight excluding hydrogens is 911 g/mol. The Morgan fingerprint density at radius 2 is 0.635 bits per heavy atom. The number of ether oxygens (including phenoxy) is 1. The molecule has 0 heterocycles. The third-order valence-corrected chi connectivity index (χ3v) is 16.1. The van der Waals surface area contributed by atoms with Crippen molar-refractivity contribution < 1.29 is 24.5 Å². The fourth-order valence-corrected chi connectivity index (χ4v) is 10.9. The lowest BCUT2D eigenvalue weighted by molar-refractivity contribution is -0.143. The zero-order chi connectivity index (χ0) is 53.6. The summed E-state index contributed by atoms with van der Waals surface area (Å²) in [6.45, 7) is 4.97. The average molecular weight is 1040 g/mol. The number of aliphatic hydroxyl groups excluding tert-OH is 2. The van der Waals surface area contributed by atoms with Gasteiger partial charge in [0.05, 0.1) is 25.4 Å². The number of rotatable bonds is 64. The molecular formula is C68H133NO5. The second-order valence-corrected chi connectivity index (χ2v) is 23.5. The van der Waals surface area contributed by atoms with Gasteiger partial charge in [0.1, 0.15) is 0 Å². The summed E-state index contributed by atoms with van der Waals surface area (Å²) >= 11 is 0. The number of aliphatic hydroxyl groups is 2. The van der Waals surface area contributed by atoms with E-state index in [0.717, 1.165) is 38.5 Å². The van der Waals surface area contributed by atoms with Crippen LogP contribution in [0.5, 0.6) is 0 Å². The Morgan fingerprint density at radius 3 is 0.959 bits per heavy atom. The Hall–Kier alpha value is -1.40. The van der Waals surface area contributed by atoms with Crippen molar-refractivity contribution in [3.05, 3.63) is 12.2 Å². The Bertz CT molecular complexity index is 1110. The van der Waals surface area contributed by atoms with E-state index in [9.17, 15) is 19.8 Å². The number of hydrogen-bond donors (Lipinski definition) is 3. The Labute approximate surface area is 463 Å². The number of amides is 1. The number of allylic oxidation sites excluding steroid dienone is 2. The molecule has 0 aliphatic heterocycles. The van der Waals surface area contributed by atoms with Gasteiger partial charge in [0.25, 0.3) is 0 Å². The maximum absolute atomic E-state index is 12.4.